The fourth-order valence-corrected chi connectivity index (χ4v) is 4.42. The molecule has 0 bridgehead atoms. The summed E-state index contributed by atoms with van der Waals surface area (Å²) in [6.07, 6.45) is 2.55. The van der Waals surface area contributed by atoms with Crippen LogP contribution in [0, 0.1) is 0 Å². The SMILES string of the molecule is COc1ccc(C(=O)NCC(=O)OCC(=O)Nc2sc3c(c2C(N)=O)CCC3)cc1. The first kappa shape index (κ1) is 21.3. The van der Waals surface area contributed by atoms with E-state index in [1.807, 2.05) is 0 Å². The van der Waals surface area contributed by atoms with E-state index in [1.54, 1.807) is 24.3 Å². The Bertz CT molecular complexity index is 983. The highest BCUT2D eigenvalue weighted by Crippen LogP contribution is 2.38. The molecule has 9 nitrogen and oxygen atoms in total. The lowest BCUT2D eigenvalue weighted by Crippen LogP contribution is -2.32. The molecule has 1 aromatic carbocycles. The maximum absolute atomic E-state index is 12.1. The first-order chi connectivity index (χ1) is 14.4. The first-order valence-corrected chi connectivity index (χ1v) is 10.0. The van der Waals surface area contributed by atoms with Crippen LogP contribution in [0.15, 0.2) is 24.3 Å². The second-order valence-corrected chi connectivity index (χ2v) is 7.65. The number of primary amides is 1. The van der Waals surface area contributed by atoms with Crippen LogP contribution < -0.4 is 21.1 Å². The van der Waals surface area contributed by atoms with E-state index in [0.29, 0.717) is 21.9 Å². The number of hydrogen-bond donors (Lipinski definition) is 3. The van der Waals surface area contributed by atoms with Crippen molar-refractivity contribution in [2.24, 2.45) is 5.73 Å². The molecule has 0 aliphatic heterocycles. The molecular weight excluding hydrogens is 410 g/mol. The number of fused-ring (bicyclic) bond motifs is 1. The van der Waals surface area contributed by atoms with Crippen LogP contribution in [0.4, 0.5) is 5.00 Å². The van der Waals surface area contributed by atoms with E-state index in [4.69, 9.17) is 15.2 Å². The van der Waals surface area contributed by atoms with Crippen LogP contribution >= 0.6 is 11.3 Å². The molecule has 2 aromatic rings. The molecule has 0 atom stereocenters. The molecule has 1 aliphatic carbocycles. The monoisotopic (exact) mass is 431 g/mol. The predicted molar refractivity (Wildman–Crippen MR) is 110 cm³/mol. The molecule has 3 amide bonds. The summed E-state index contributed by atoms with van der Waals surface area (Å²) < 4.78 is 9.89. The summed E-state index contributed by atoms with van der Waals surface area (Å²) >= 11 is 1.31. The maximum Gasteiger partial charge on any atom is 0.325 e. The van der Waals surface area contributed by atoms with Crippen molar-refractivity contribution in [1.29, 1.82) is 0 Å². The number of thiophene rings is 1. The van der Waals surface area contributed by atoms with E-state index >= 15 is 0 Å². The highest BCUT2D eigenvalue weighted by atomic mass is 32.1. The van der Waals surface area contributed by atoms with Gasteiger partial charge in [-0.05, 0) is 49.1 Å². The average molecular weight is 431 g/mol. The van der Waals surface area contributed by atoms with Crippen LogP contribution in [0.25, 0.3) is 0 Å². The summed E-state index contributed by atoms with van der Waals surface area (Å²) in [6, 6.07) is 6.36. The number of rotatable bonds is 8. The number of ether oxygens (including phenoxy) is 2. The van der Waals surface area contributed by atoms with E-state index in [2.05, 4.69) is 10.6 Å². The number of carbonyl (C=O) groups excluding carboxylic acids is 4. The molecule has 0 unspecified atom stereocenters. The van der Waals surface area contributed by atoms with Gasteiger partial charge in [0.25, 0.3) is 17.7 Å². The second kappa shape index (κ2) is 9.40. The van der Waals surface area contributed by atoms with Crippen LogP contribution in [-0.2, 0) is 27.2 Å². The number of methoxy groups -OCH3 is 1. The quantitative estimate of drug-likeness (QED) is 0.538. The Morgan fingerprint density at radius 3 is 2.53 bits per heavy atom. The third kappa shape index (κ3) is 4.95. The lowest BCUT2D eigenvalue weighted by atomic mass is 10.1. The largest absolute Gasteiger partial charge is 0.497 e. The zero-order valence-electron chi connectivity index (χ0n) is 16.3. The number of esters is 1. The first-order valence-electron chi connectivity index (χ1n) is 9.21. The Labute approximate surface area is 176 Å². The molecular formula is C20H21N3O6S. The molecule has 0 saturated carbocycles. The topological polar surface area (TPSA) is 137 Å². The minimum atomic E-state index is -0.768. The summed E-state index contributed by atoms with van der Waals surface area (Å²) in [6.45, 7) is -0.935. The van der Waals surface area contributed by atoms with Gasteiger partial charge in [0.2, 0.25) is 0 Å². The molecule has 0 radical (unpaired) electrons. The van der Waals surface area contributed by atoms with Crippen molar-refractivity contribution in [2.45, 2.75) is 19.3 Å². The fourth-order valence-electron chi connectivity index (χ4n) is 3.11. The number of carbonyl (C=O) groups is 4. The van der Waals surface area contributed by atoms with Gasteiger partial charge in [0.05, 0.1) is 12.7 Å². The van der Waals surface area contributed by atoms with Crippen molar-refractivity contribution < 1.29 is 28.7 Å². The van der Waals surface area contributed by atoms with E-state index in [1.165, 1.54) is 18.4 Å². The van der Waals surface area contributed by atoms with Crippen LogP contribution in [0.3, 0.4) is 0 Å². The number of nitrogens with one attached hydrogen (secondary N) is 2. The zero-order chi connectivity index (χ0) is 21.7. The number of benzene rings is 1. The molecule has 158 valence electrons. The summed E-state index contributed by atoms with van der Waals surface area (Å²) in [5.41, 5.74) is 7.02. The van der Waals surface area contributed by atoms with E-state index in [0.717, 1.165) is 29.7 Å². The highest BCUT2D eigenvalue weighted by molar-refractivity contribution is 7.17. The normalized spacial score (nSPS) is 12.0. The van der Waals surface area contributed by atoms with Crippen LogP contribution in [0.1, 0.15) is 37.6 Å². The smallest absolute Gasteiger partial charge is 0.325 e. The molecule has 1 aromatic heterocycles. The molecule has 0 spiro atoms. The molecule has 0 fully saturated rings. The van der Waals surface area contributed by atoms with Crippen molar-refractivity contribution in [2.75, 3.05) is 25.6 Å². The fraction of sp³-hybridized carbons (Fsp3) is 0.300. The van der Waals surface area contributed by atoms with E-state index in [-0.39, 0.29) is 0 Å². The summed E-state index contributed by atoms with van der Waals surface area (Å²) in [5, 5.41) is 5.37. The third-order valence-corrected chi connectivity index (χ3v) is 5.74. The highest BCUT2D eigenvalue weighted by Gasteiger charge is 2.26. The second-order valence-electron chi connectivity index (χ2n) is 6.55. The predicted octanol–water partition coefficient (Wildman–Crippen LogP) is 1.26. The van der Waals surface area contributed by atoms with Crippen LogP contribution in [0.5, 0.6) is 5.75 Å². The van der Waals surface area contributed by atoms with E-state index < -0.39 is 36.8 Å². The van der Waals surface area contributed by atoms with Crippen LogP contribution in [-0.4, -0.2) is 44.0 Å². The Balaban J connectivity index is 1.46. The Hall–Kier alpha value is -3.40. The Morgan fingerprint density at radius 1 is 1.13 bits per heavy atom. The number of aryl methyl sites for hydroxylation is 1. The molecule has 10 heteroatoms. The maximum atomic E-state index is 12.1. The van der Waals surface area contributed by atoms with Gasteiger partial charge in [-0.2, -0.15) is 0 Å². The van der Waals surface area contributed by atoms with Gasteiger partial charge in [0.15, 0.2) is 6.61 Å². The third-order valence-electron chi connectivity index (χ3n) is 4.53. The van der Waals surface area contributed by atoms with Gasteiger partial charge in [0, 0.05) is 10.4 Å². The Kier molecular flexibility index (Phi) is 6.68. The number of hydrogen-bond acceptors (Lipinski definition) is 7. The van der Waals surface area contributed by atoms with Crippen molar-refractivity contribution in [1.82, 2.24) is 5.32 Å². The lowest BCUT2D eigenvalue weighted by Gasteiger charge is -2.08. The standard InChI is InChI=1S/C20H21N3O6S/c1-28-12-7-5-11(6-8-12)19(27)22-9-16(25)29-10-15(24)23-20-17(18(21)26)13-3-2-4-14(13)30-20/h5-8H,2-4,9-10H2,1H3,(H2,21,26)(H,22,27)(H,23,24). The average Bonchev–Trinajstić information content (AvgIpc) is 3.31. The van der Waals surface area contributed by atoms with Gasteiger partial charge in [-0.1, -0.05) is 0 Å². The van der Waals surface area contributed by atoms with Crippen molar-refractivity contribution >= 4 is 40.0 Å². The number of amides is 3. The molecule has 4 N–H and O–H groups in total. The van der Waals surface area contributed by atoms with Gasteiger partial charge in [-0.25, -0.2) is 0 Å². The molecule has 1 heterocycles. The number of nitrogens with two attached hydrogens (primary N) is 1. The van der Waals surface area contributed by atoms with E-state index in [9.17, 15) is 19.2 Å². The number of anilines is 1. The van der Waals surface area contributed by atoms with Gasteiger partial charge >= 0.3 is 5.97 Å². The molecule has 1 aliphatic rings. The van der Waals surface area contributed by atoms with Gasteiger partial charge in [-0.3, -0.25) is 19.2 Å². The molecule has 3 rings (SSSR count). The minimum Gasteiger partial charge on any atom is -0.497 e. The molecule has 30 heavy (non-hydrogen) atoms. The Morgan fingerprint density at radius 2 is 1.87 bits per heavy atom. The summed E-state index contributed by atoms with van der Waals surface area (Å²) in [7, 11) is 1.52. The van der Waals surface area contributed by atoms with Crippen molar-refractivity contribution in [3.8, 4) is 5.75 Å². The van der Waals surface area contributed by atoms with Crippen molar-refractivity contribution in [3.05, 3.63) is 45.8 Å². The van der Waals surface area contributed by atoms with Crippen LogP contribution in [0.2, 0.25) is 0 Å². The zero-order valence-corrected chi connectivity index (χ0v) is 17.1. The lowest BCUT2D eigenvalue weighted by molar-refractivity contribution is -0.146. The molecule has 0 saturated heterocycles. The van der Waals surface area contributed by atoms with Gasteiger partial charge in [0.1, 0.15) is 17.3 Å². The van der Waals surface area contributed by atoms with Gasteiger partial charge < -0.3 is 25.8 Å². The summed E-state index contributed by atoms with van der Waals surface area (Å²) in [5.74, 6) is -1.81. The minimum absolute atomic E-state index is 0.332. The van der Waals surface area contributed by atoms with Gasteiger partial charge in [-0.15, -0.1) is 11.3 Å². The van der Waals surface area contributed by atoms with Crippen molar-refractivity contribution in [3.63, 3.8) is 0 Å². The summed E-state index contributed by atoms with van der Waals surface area (Å²) in [4.78, 5) is 48.7.